The smallest absolute Gasteiger partial charge is 0.414 e. The van der Waals surface area contributed by atoms with Gasteiger partial charge in [-0.05, 0) is 81.0 Å². The summed E-state index contributed by atoms with van der Waals surface area (Å²) in [6, 6.07) is 15.4. The van der Waals surface area contributed by atoms with Crippen molar-refractivity contribution >= 4 is 23.4 Å². The summed E-state index contributed by atoms with van der Waals surface area (Å²) >= 11 is 0. The zero-order valence-corrected chi connectivity index (χ0v) is 23.9. The van der Waals surface area contributed by atoms with Crippen molar-refractivity contribution in [2.75, 3.05) is 23.4 Å². The number of aliphatic hydroxyl groups is 1. The lowest BCUT2D eigenvalue weighted by Gasteiger charge is -2.26. The van der Waals surface area contributed by atoms with E-state index in [1.165, 1.54) is 17.7 Å². The molecule has 2 aliphatic rings. The van der Waals surface area contributed by atoms with Crippen molar-refractivity contribution < 1.29 is 14.6 Å². The molecule has 41 heavy (non-hydrogen) atoms. The molecule has 3 aromatic rings. The van der Waals surface area contributed by atoms with Gasteiger partial charge in [0.25, 0.3) is 0 Å². The predicted molar refractivity (Wildman–Crippen MR) is 156 cm³/mol. The van der Waals surface area contributed by atoms with E-state index in [1.807, 2.05) is 31.2 Å². The molecule has 1 amide bonds. The van der Waals surface area contributed by atoms with Gasteiger partial charge in [0.1, 0.15) is 11.7 Å². The highest BCUT2D eigenvalue weighted by Crippen LogP contribution is 2.45. The van der Waals surface area contributed by atoms with Crippen molar-refractivity contribution in [3.63, 3.8) is 0 Å². The summed E-state index contributed by atoms with van der Waals surface area (Å²) in [7, 11) is 0. The van der Waals surface area contributed by atoms with Gasteiger partial charge in [0.2, 0.25) is 5.95 Å². The Morgan fingerprint density at radius 1 is 1.20 bits per heavy atom. The lowest BCUT2D eigenvalue weighted by atomic mass is 9.83. The third-order valence-electron chi connectivity index (χ3n) is 7.58. The number of rotatable bonds is 7. The number of hydrogen-bond acceptors (Lipinski definition) is 8. The van der Waals surface area contributed by atoms with Crippen LogP contribution in [0.4, 0.5) is 22.1 Å². The van der Waals surface area contributed by atoms with Crippen molar-refractivity contribution in [3.05, 3.63) is 64.8 Å². The number of hydrogen-bond donors (Lipinski definition) is 2. The molecule has 1 fully saturated rings. The Kier molecular flexibility index (Phi) is 7.42. The summed E-state index contributed by atoms with van der Waals surface area (Å²) in [5.74, 6) is 1.15. The summed E-state index contributed by atoms with van der Waals surface area (Å²) < 4.78 is 5.61. The number of amides is 1. The molecule has 0 spiro atoms. The lowest BCUT2D eigenvalue weighted by Crippen LogP contribution is -2.40. The van der Waals surface area contributed by atoms with Crippen LogP contribution in [0, 0.1) is 28.6 Å². The average molecular weight is 551 g/mol. The Morgan fingerprint density at radius 2 is 1.98 bits per heavy atom. The van der Waals surface area contributed by atoms with Gasteiger partial charge in [-0.1, -0.05) is 25.8 Å². The second-order valence-electron chi connectivity index (χ2n) is 12.2. The van der Waals surface area contributed by atoms with Crippen molar-refractivity contribution in [1.82, 2.24) is 9.97 Å². The van der Waals surface area contributed by atoms with Crippen LogP contribution < -0.4 is 10.2 Å². The van der Waals surface area contributed by atoms with Gasteiger partial charge in [-0.25, -0.2) is 14.8 Å². The van der Waals surface area contributed by atoms with Gasteiger partial charge in [-0.15, -0.1) is 0 Å². The van der Waals surface area contributed by atoms with Crippen LogP contribution in [0.2, 0.25) is 0 Å². The predicted octanol–water partition coefficient (Wildman–Crippen LogP) is 5.98. The molecule has 9 nitrogen and oxygen atoms in total. The molecule has 2 N–H and O–H groups in total. The lowest BCUT2D eigenvalue weighted by molar-refractivity contribution is 0.0575. The SMILES string of the molecule is CC(C)(C)OC(=O)N1C[C@](C)(CO)c2cc(-c3ccnc(Nc4cc(C#N)ccc4CCC4CC4)n3)cc(C#N)c21. The number of aryl methyl sites for hydroxylation is 1. The molecule has 0 bridgehead atoms. The topological polar surface area (TPSA) is 135 Å². The van der Waals surface area contributed by atoms with Gasteiger partial charge in [-0.3, -0.25) is 4.90 Å². The quantitative estimate of drug-likeness (QED) is 0.367. The van der Waals surface area contributed by atoms with E-state index in [1.54, 1.807) is 39.1 Å². The van der Waals surface area contributed by atoms with Crippen LogP contribution in [0.5, 0.6) is 0 Å². The van der Waals surface area contributed by atoms with Gasteiger partial charge >= 0.3 is 6.09 Å². The largest absolute Gasteiger partial charge is 0.443 e. The standard InChI is InChI=1S/C32H34N6O3/c1-31(2,3)41-30(40)38-18-32(4,19-39)25-15-23(14-24(17-34)28(25)38)26-11-12-35-29(36-26)37-27-13-21(16-33)8-10-22(27)9-7-20-5-6-20/h8,10-15,20,39H,5-7,9,18-19H2,1-4H3,(H,35,36,37)/t32-/m1/s1. The van der Waals surface area contributed by atoms with E-state index in [2.05, 4.69) is 22.4 Å². The first-order valence-corrected chi connectivity index (χ1v) is 13.9. The molecule has 0 unspecified atom stereocenters. The Labute approximate surface area is 240 Å². The van der Waals surface area contributed by atoms with Crippen molar-refractivity contribution in [2.45, 2.75) is 64.4 Å². The van der Waals surface area contributed by atoms with E-state index in [9.17, 15) is 20.4 Å². The minimum atomic E-state index is -0.795. The summed E-state index contributed by atoms with van der Waals surface area (Å²) in [6.07, 6.45) is 5.65. The highest BCUT2D eigenvalue weighted by Gasteiger charge is 2.44. The average Bonchev–Trinajstić information content (AvgIpc) is 3.73. The number of nitrogens with one attached hydrogen (secondary N) is 1. The fourth-order valence-electron chi connectivity index (χ4n) is 5.19. The number of carbonyl (C=O) groups is 1. The third kappa shape index (κ3) is 6.01. The van der Waals surface area contributed by atoms with Gasteiger partial charge in [0.05, 0.1) is 35.2 Å². The van der Waals surface area contributed by atoms with Crippen LogP contribution in [0.1, 0.15) is 69.2 Å². The van der Waals surface area contributed by atoms with Gasteiger partial charge in [0, 0.05) is 29.4 Å². The number of fused-ring (bicyclic) bond motifs is 1. The Morgan fingerprint density at radius 3 is 2.63 bits per heavy atom. The van der Waals surface area contributed by atoms with E-state index in [0.29, 0.717) is 34.0 Å². The second kappa shape index (κ2) is 10.8. The maximum absolute atomic E-state index is 13.1. The molecule has 1 saturated carbocycles. The van der Waals surface area contributed by atoms with Crippen molar-refractivity contribution in [2.24, 2.45) is 5.92 Å². The Bertz CT molecular complexity index is 1580. The summed E-state index contributed by atoms with van der Waals surface area (Å²) in [5.41, 5.74) is 3.61. The molecular weight excluding hydrogens is 516 g/mol. The molecule has 1 aliphatic heterocycles. The molecule has 1 aliphatic carbocycles. The number of aliphatic hydroxyl groups excluding tert-OH is 1. The normalized spacial score (nSPS) is 17.9. The molecular formula is C32H34N6O3. The second-order valence-corrected chi connectivity index (χ2v) is 12.2. The van der Waals surface area contributed by atoms with Crippen LogP contribution in [0.25, 0.3) is 11.3 Å². The Balaban J connectivity index is 1.50. The molecule has 5 rings (SSSR count). The van der Waals surface area contributed by atoms with Crippen LogP contribution in [-0.2, 0) is 16.6 Å². The van der Waals surface area contributed by atoms with E-state index in [-0.39, 0.29) is 18.7 Å². The van der Waals surface area contributed by atoms with E-state index < -0.39 is 17.1 Å². The molecule has 2 heterocycles. The van der Waals surface area contributed by atoms with Gasteiger partial charge in [-0.2, -0.15) is 10.5 Å². The molecule has 1 aromatic heterocycles. The van der Waals surface area contributed by atoms with Crippen LogP contribution in [0.15, 0.2) is 42.6 Å². The maximum atomic E-state index is 13.1. The first-order valence-electron chi connectivity index (χ1n) is 13.9. The van der Waals surface area contributed by atoms with E-state index in [0.717, 1.165) is 30.0 Å². The maximum Gasteiger partial charge on any atom is 0.414 e. The molecule has 9 heteroatoms. The van der Waals surface area contributed by atoms with Crippen molar-refractivity contribution in [3.8, 4) is 23.4 Å². The van der Waals surface area contributed by atoms with Crippen LogP contribution in [-0.4, -0.2) is 39.9 Å². The number of nitriles is 2. The number of benzene rings is 2. The fourth-order valence-corrected chi connectivity index (χ4v) is 5.19. The number of carbonyl (C=O) groups excluding carboxylic acids is 1. The zero-order chi connectivity index (χ0) is 29.4. The van der Waals surface area contributed by atoms with Crippen LogP contribution in [0.3, 0.4) is 0 Å². The third-order valence-corrected chi connectivity index (χ3v) is 7.58. The van der Waals surface area contributed by atoms with Crippen molar-refractivity contribution in [1.29, 1.82) is 10.5 Å². The van der Waals surface area contributed by atoms with E-state index >= 15 is 0 Å². The van der Waals surface area contributed by atoms with Gasteiger partial charge in [0.15, 0.2) is 0 Å². The summed E-state index contributed by atoms with van der Waals surface area (Å²) in [6.45, 7) is 7.18. The number of ether oxygens (including phenoxy) is 1. The zero-order valence-electron chi connectivity index (χ0n) is 23.9. The molecule has 0 radical (unpaired) electrons. The summed E-state index contributed by atoms with van der Waals surface area (Å²) in [4.78, 5) is 23.7. The van der Waals surface area contributed by atoms with Gasteiger partial charge < -0.3 is 15.2 Å². The minimum absolute atomic E-state index is 0.182. The minimum Gasteiger partial charge on any atom is -0.443 e. The van der Waals surface area contributed by atoms with E-state index in [4.69, 9.17) is 9.72 Å². The highest BCUT2D eigenvalue weighted by molar-refractivity contribution is 5.95. The summed E-state index contributed by atoms with van der Waals surface area (Å²) in [5, 5.41) is 33.2. The first-order chi connectivity index (χ1) is 19.5. The molecule has 2 aromatic carbocycles. The molecule has 0 saturated heterocycles. The monoisotopic (exact) mass is 550 g/mol. The fraction of sp³-hybridized carbons (Fsp3) is 0.406. The van der Waals surface area contributed by atoms with Crippen LogP contribution >= 0.6 is 0 Å². The molecule has 210 valence electrons. The number of aromatic nitrogens is 2. The molecule has 1 atom stereocenters. The number of anilines is 3. The highest BCUT2D eigenvalue weighted by atomic mass is 16.6. The first kappa shape index (κ1) is 28.1. The number of nitrogens with zero attached hydrogens (tertiary/aromatic N) is 5. The Hall–Kier alpha value is -4.47.